The minimum atomic E-state index is -0.664. The van der Waals surface area contributed by atoms with E-state index in [1.54, 1.807) is 0 Å². The highest BCUT2D eigenvalue weighted by atomic mass is 32.2. The Balaban J connectivity index is 1.64. The number of ether oxygens (including phenoxy) is 2. The van der Waals surface area contributed by atoms with E-state index in [0.717, 1.165) is 24.8 Å². The predicted octanol–water partition coefficient (Wildman–Crippen LogP) is 3.19. The van der Waals surface area contributed by atoms with E-state index in [0.29, 0.717) is 18.5 Å². The van der Waals surface area contributed by atoms with Crippen LogP contribution in [0.2, 0.25) is 0 Å². The van der Waals surface area contributed by atoms with Crippen molar-refractivity contribution in [2.24, 2.45) is 0 Å². The van der Waals surface area contributed by atoms with Crippen LogP contribution in [-0.2, 0) is 20.3 Å². The van der Waals surface area contributed by atoms with Gasteiger partial charge in [-0.15, -0.1) is 0 Å². The summed E-state index contributed by atoms with van der Waals surface area (Å²) in [7, 11) is -0.664. The lowest BCUT2D eigenvalue weighted by atomic mass is 9.92. The van der Waals surface area contributed by atoms with Crippen LogP contribution >= 0.6 is 0 Å². The summed E-state index contributed by atoms with van der Waals surface area (Å²) < 4.78 is 23.5. The molecule has 0 aliphatic carbocycles. The van der Waals surface area contributed by atoms with Crippen molar-refractivity contribution < 1.29 is 13.7 Å². The second-order valence-corrected chi connectivity index (χ2v) is 7.94. The van der Waals surface area contributed by atoms with Crippen LogP contribution in [0.5, 0.6) is 0 Å². The average Bonchev–Trinajstić information content (AvgIpc) is 3.01. The molecule has 1 aromatic rings. The van der Waals surface area contributed by atoms with Crippen molar-refractivity contribution in [3.63, 3.8) is 0 Å². The Morgan fingerprint density at radius 3 is 2.81 bits per heavy atom. The van der Waals surface area contributed by atoms with Gasteiger partial charge in [-0.1, -0.05) is 30.7 Å². The van der Waals surface area contributed by atoms with Gasteiger partial charge in [0.15, 0.2) is 6.29 Å². The van der Waals surface area contributed by atoms with Gasteiger partial charge in [0, 0.05) is 21.6 Å². The smallest absolute Gasteiger partial charge is 0.184 e. The van der Waals surface area contributed by atoms with Gasteiger partial charge in [0.1, 0.15) is 0 Å². The third kappa shape index (κ3) is 2.60. The lowest BCUT2D eigenvalue weighted by Gasteiger charge is -2.33. The molecule has 3 atom stereocenters. The fourth-order valence-electron chi connectivity index (χ4n) is 3.55. The molecular formula is C17H20O3S. The van der Waals surface area contributed by atoms with Crippen LogP contribution in [0.4, 0.5) is 0 Å². The maximum absolute atomic E-state index is 12.3. The lowest BCUT2D eigenvalue weighted by molar-refractivity contribution is -0.0441. The SMILES string of the molecule is O=S1C2C=C(c3cccc(C4OCCO4)c3)CC1CCC2. The zero-order valence-electron chi connectivity index (χ0n) is 12.0. The molecule has 3 aliphatic rings. The van der Waals surface area contributed by atoms with Crippen molar-refractivity contribution >= 4 is 16.4 Å². The number of allylic oxidation sites excluding steroid dienone is 1. The zero-order valence-corrected chi connectivity index (χ0v) is 12.8. The molecule has 4 heteroatoms. The van der Waals surface area contributed by atoms with Crippen molar-refractivity contribution in [1.82, 2.24) is 0 Å². The molecule has 0 saturated carbocycles. The molecule has 3 unspecified atom stereocenters. The molecule has 1 aromatic carbocycles. The Hall–Kier alpha value is -0.970. The van der Waals surface area contributed by atoms with E-state index in [2.05, 4.69) is 30.3 Å². The van der Waals surface area contributed by atoms with Gasteiger partial charge in [0.2, 0.25) is 0 Å². The lowest BCUT2D eigenvalue weighted by Crippen LogP contribution is -2.33. The van der Waals surface area contributed by atoms with E-state index in [9.17, 15) is 4.21 Å². The first-order chi connectivity index (χ1) is 10.3. The van der Waals surface area contributed by atoms with E-state index in [1.165, 1.54) is 17.6 Å². The predicted molar refractivity (Wildman–Crippen MR) is 83.3 cm³/mol. The van der Waals surface area contributed by atoms with E-state index < -0.39 is 10.8 Å². The Morgan fingerprint density at radius 1 is 1.14 bits per heavy atom. The summed E-state index contributed by atoms with van der Waals surface area (Å²) in [6.45, 7) is 1.33. The monoisotopic (exact) mass is 304 g/mol. The summed E-state index contributed by atoms with van der Waals surface area (Å²) in [6.07, 6.45) is 6.37. The van der Waals surface area contributed by atoms with Gasteiger partial charge in [-0.3, -0.25) is 4.21 Å². The standard InChI is InChI=1S/C17H20O3S/c18-21-15-5-2-6-16(21)11-14(10-15)12-3-1-4-13(9-12)17-19-7-8-20-17/h1,3-4,9-10,15-17H,2,5-8,11H2. The molecule has 0 spiro atoms. The minimum absolute atomic E-state index is 0.220. The molecule has 2 bridgehead atoms. The molecule has 2 saturated heterocycles. The van der Waals surface area contributed by atoms with Crippen molar-refractivity contribution in [1.29, 1.82) is 0 Å². The van der Waals surface area contributed by atoms with Crippen molar-refractivity contribution in [3.05, 3.63) is 41.5 Å². The molecule has 3 heterocycles. The van der Waals surface area contributed by atoms with Crippen molar-refractivity contribution in [2.45, 2.75) is 42.5 Å². The van der Waals surface area contributed by atoms with E-state index in [1.807, 2.05) is 0 Å². The number of rotatable bonds is 2. The molecule has 2 fully saturated rings. The second-order valence-electron chi connectivity index (χ2n) is 6.01. The van der Waals surface area contributed by atoms with Crippen LogP contribution in [0.15, 0.2) is 30.3 Å². The molecular weight excluding hydrogens is 284 g/mol. The number of benzene rings is 1. The van der Waals surface area contributed by atoms with Gasteiger partial charge in [-0.05, 0) is 36.5 Å². The second kappa shape index (κ2) is 5.67. The van der Waals surface area contributed by atoms with Gasteiger partial charge in [0.25, 0.3) is 0 Å². The van der Waals surface area contributed by atoms with E-state index >= 15 is 0 Å². The fourth-order valence-corrected chi connectivity index (χ4v) is 5.48. The van der Waals surface area contributed by atoms with Gasteiger partial charge in [-0.2, -0.15) is 0 Å². The first-order valence-electron chi connectivity index (χ1n) is 7.75. The highest BCUT2D eigenvalue weighted by Crippen LogP contribution is 2.37. The van der Waals surface area contributed by atoms with Crippen LogP contribution < -0.4 is 0 Å². The Bertz CT molecular complexity index is 589. The number of fused-ring (bicyclic) bond motifs is 2. The minimum Gasteiger partial charge on any atom is -0.346 e. The molecule has 21 heavy (non-hydrogen) atoms. The summed E-state index contributed by atoms with van der Waals surface area (Å²) in [5.41, 5.74) is 3.67. The molecule has 0 aromatic heterocycles. The van der Waals surface area contributed by atoms with Crippen LogP contribution in [0.25, 0.3) is 5.57 Å². The van der Waals surface area contributed by atoms with Crippen LogP contribution in [0.1, 0.15) is 43.1 Å². The highest BCUT2D eigenvalue weighted by Gasteiger charge is 2.33. The highest BCUT2D eigenvalue weighted by molar-refractivity contribution is 7.86. The zero-order chi connectivity index (χ0) is 14.2. The normalized spacial score (nSPS) is 33.0. The Kier molecular flexibility index (Phi) is 3.69. The maximum Gasteiger partial charge on any atom is 0.184 e. The van der Waals surface area contributed by atoms with Gasteiger partial charge in [-0.25, -0.2) is 0 Å². The molecule has 3 nitrogen and oxygen atoms in total. The molecule has 112 valence electrons. The molecule has 0 radical (unpaired) electrons. The first-order valence-corrected chi connectivity index (χ1v) is 9.02. The van der Waals surface area contributed by atoms with E-state index in [-0.39, 0.29) is 11.5 Å². The first kappa shape index (κ1) is 13.7. The fraction of sp³-hybridized carbons (Fsp3) is 0.529. The van der Waals surface area contributed by atoms with Crippen molar-refractivity contribution in [2.75, 3.05) is 13.2 Å². The number of hydrogen-bond donors (Lipinski definition) is 0. The largest absolute Gasteiger partial charge is 0.346 e. The van der Waals surface area contributed by atoms with Gasteiger partial charge < -0.3 is 9.47 Å². The van der Waals surface area contributed by atoms with E-state index in [4.69, 9.17) is 9.47 Å². The van der Waals surface area contributed by atoms with Crippen LogP contribution in [-0.4, -0.2) is 27.9 Å². The quantitative estimate of drug-likeness (QED) is 0.842. The summed E-state index contributed by atoms with van der Waals surface area (Å²) >= 11 is 0. The summed E-state index contributed by atoms with van der Waals surface area (Å²) in [5, 5.41) is 0.613. The topological polar surface area (TPSA) is 35.5 Å². The third-order valence-corrected chi connectivity index (χ3v) is 6.66. The summed E-state index contributed by atoms with van der Waals surface area (Å²) in [6, 6.07) is 8.44. The Labute approximate surface area is 127 Å². The third-order valence-electron chi connectivity index (χ3n) is 4.63. The van der Waals surface area contributed by atoms with Gasteiger partial charge >= 0.3 is 0 Å². The average molecular weight is 304 g/mol. The number of hydrogen-bond acceptors (Lipinski definition) is 3. The summed E-state index contributed by atoms with van der Waals surface area (Å²) in [4.78, 5) is 0. The maximum atomic E-state index is 12.3. The van der Waals surface area contributed by atoms with Crippen LogP contribution in [0, 0.1) is 0 Å². The molecule has 0 amide bonds. The van der Waals surface area contributed by atoms with Crippen LogP contribution in [0.3, 0.4) is 0 Å². The summed E-state index contributed by atoms with van der Waals surface area (Å²) in [5.74, 6) is 0. The molecule has 3 aliphatic heterocycles. The molecule has 4 rings (SSSR count). The Morgan fingerprint density at radius 2 is 2.00 bits per heavy atom. The molecule has 0 N–H and O–H groups in total. The van der Waals surface area contributed by atoms with Crippen molar-refractivity contribution in [3.8, 4) is 0 Å². The van der Waals surface area contributed by atoms with Gasteiger partial charge in [0.05, 0.1) is 18.5 Å².